The molecule has 268 valence electrons. The molecule has 2 fully saturated rings. The molecule has 3 rings (SSSR count). The molecule has 0 unspecified atom stereocenters. The van der Waals surface area contributed by atoms with Gasteiger partial charge in [0.2, 0.25) is 0 Å². The first-order valence-electron chi connectivity index (χ1n) is 17.1. The van der Waals surface area contributed by atoms with Crippen LogP contribution in [0.25, 0.3) is 0 Å². The maximum absolute atomic E-state index is 14.2. The van der Waals surface area contributed by atoms with Gasteiger partial charge in [-0.05, 0) is 91.7 Å². The number of carbonyl (C=O) groups excluding carboxylic acids is 2. The van der Waals surface area contributed by atoms with Crippen LogP contribution in [0.2, 0.25) is 5.02 Å². The predicted molar refractivity (Wildman–Crippen MR) is 184 cm³/mol. The molecule has 0 saturated carbocycles. The van der Waals surface area contributed by atoms with Crippen molar-refractivity contribution in [3.63, 3.8) is 0 Å². The van der Waals surface area contributed by atoms with Gasteiger partial charge in [-0.25, -0.2) is 0 Å². The highest BCUT2D eigenvalue weighted by Gasteiger charge is 2.51. The number of benzene rings is 1. The van der Waals surface area contributed by atoms with Crippen LogP contribution in [-0.2, 0) is 35.1 Å². The number of halogens is 1. The maximum Gasteiger partial charge on any atom is 0.319 e. The lowest BCUT2D eigenvalue weighted by molar-refractivity contribution is -0.295. The molecule has 47 heavy (non-hydrogen) atoms. The van der Waals surface area contributed by atoms with E-state index < -0.39 is 41.4 Å². The summed E-state index contributed by atoms with van der Waals surface area (Å²) in [4.78, 5) is 34.3. The summed E-state index contributed by atoms with van der Waals surface area (Å²) in [5.74, 6) is -1.49. The highest BCUT2D eigenvalue weighted by atomic mass is 35.5. The lowest BCUT2D eigenvalue weighted by Gasteiger charge is -2.47. The number of nitrogens with zero attached hydrogens (tertiary/aromatic N) is 3. The fourth-order valence-corrected chi connectivity index (χ4v) is 7.41. The van der Waals surface area contributed by atoms with E-state index in [4.69, 9.17) is 30.5 Å². The van der Waals surface area contributed by atoms with Gasteiger partial charge in [0.05, 0.1) is 24.4 Å². The fraction of sp³-hybridized carbons (Fsp3) is 0.778. The predicted octanol–water partition coefficient (Wildman–Crippen LogP) is 4.49. The Hall–Kier alpha value is -1.63. The number of cyclic esters (lactones) is 1. The van der Waals surface area contributed by atoms with E-state index in [0.717, 1.165) is 38.3 Å². The topological polar surface area (TPSA) is 101 Å². The van der Waals surface area contributed by atoms with Gasteiger partial charge in [0, 0.05) is 56.8 Å². The largest absolute Gasteiger partial charge is 0.465 e. The lowest BCUT2D eigenvalue weighted by Crippen LogP contribution is -2.59. The summed E-state index contributed by atoms with van der Waals surface area (Å²) in [7, 11) is 7.59. The van der Waals surface area contributed by atoms with Crippen LogP contribution >= 0.6 is 11.6 Å². The Morgan fingerprint density at radius 3 is 2.45 bits per heavy atom. The van der Waals surface area contributed by atoms with Gasteiger partial charge in [0.25, 0.3) is 0 Å². The summed E-state index contributed by atoms with van der Waals surface area (Å²) in [6, 6.07) is 7.69. The zero-order chi connectivity index (χ0) is 35.1. The number of aliphatic hydroxyl groups is 1. The van der Waals surface area contributed by atoms with E-state index in [1.54, 1.807) is 27.9 Å². The third kappa shape index (κ3) is 10.7. The molecule has 0 bridgehead atoms. The monoisotopic (exact) mass is 681 g/mol. The number of ether oxygens (including phenoxy) is 4. The highest BCUT2D eigenvalue weighted by Crippen LogP contribution is 2.38. The molecular formula is C36H60ClN3O7. The van der Waals surface area contributed by atoms with E-state index >= 15 is 0 Å². The standard InChI is InChI=1S/C36H60ClN3O7/c1-24-21-36(6,44-10)32(47-33-30(41)29(38(7)8)19-25(2)46-33)26(3)31(42)35(4,5)34(43)45-18-12-15-40(17-16-39(9)22-24)23-27-13-11-14-28(37)20-27/h11,13-14,20,24-26,29-30,32-33,41H,12,15-19,21-23H2,1-10H3/t24-,25-,26+,29+,30-,32-,33+,36-/m1/s1. The van der Waals surface area contributed by atoms with Gasteiger partial charge in [-0.3, -0.25) is 14.5 Å². The van der Waals surface area contributed by atoms with Crippen molar-refractivity contribution < 1.29 is 33.6 Å². The molecule has 8 atom stereocenters. The molecule has 0 aromatic heterocycles. The average Bonchev–Trinajstić information content (AvgIpc) is 3.00. The molecule has 2 saturated heterocycles. The van der Waals surface area contributed by atoms with Crippen LogP contribution in [0.15, 0.2) is 24.3 Å². The number of methoxy groups -OCH3 is 1. The Labute approximate surface area is 288 Å². The van der Waals surface area contributed by atoms with Crippen molar-refractivity contribution in [2.24, 2.45) is 17.3 Å². The molecule has 0 aliphatic carbocycles. The first-order valence-corrected chi connectivity index (χ1v) is 17.4. The Morgan fingerprint density at radius 1 is 1.11 bits per heavy atom. The number of likely N-dealkylation sites (N-methyl/N-ethyl adjacent to an activating group) is 2. The zero-order valence-corrected chi connectivity index (χ0v) is 31.1. The molecular weight excluding hydrogens is 622 g/mol. The molecule has 0 radical (unpaired) electrons. The summed E-state index contributed by atoms with van der Waals surface area (Å²) in [5, 5.41) is 12.1. The number of Topliss-reactive ketones (excluding diaryl/α,β-unsaturated/α-hetero) is 1. The Morgan fingerprint density at radius 2 is 1.81 bits per heavy atom. The molecule has 1 N–H and O–H groups in total. The van der Waals surface area contributed by atoms with Crippen LogP contribution in [0, 0.1) is 17.3 Å². The summed E-state index contributed by atoms with van der Waals surface area (Å²) >= 11 is 6.27. The normalized spacial score (nSPS) is 34.6. The van der Waals surface area contributed by atoms with Gasteiger partial charge < -0.3 is 33.9 Å². The lowest BCUT2D eigenvalue weighted by atomic mass is 9.74. The fourth-order valence-electron chi connectivity index (χ4n) is 7.20. The highest BCUT2D eigenvalue weighted by molar-refractivity contribution is 6.30. The molecule has 2 heterocycles. The number of ketones is 1. The molecule has 2 aliphatic heterocycles. The first kappa shape index (κ1) is 39.8. The van der Waals surface area contributed by atoms with Crippen LogP contribution in [0.4, 0.5) is 0 Å². The Kier molecular flexibility index (Phi) is 14.7. The van der Waals surface area contributed by atoms with E-state index in [2.05, 4.69) is 29.8 Å². The minimum atomic E-state index is -1.43. The third-order valence-corrected chi connectivity index (χ3v) is 10.2. The number of aliphatic hydroxyl groups excluding tert-OH is 1. The number of carbonyl (C=O) groups is 2. The first-order chi connectivity index (χ1) is 22.0. The molecule has 11 heteroatoms. The second-order valence-corrected chi connectivity index (χ2v) is 15.3. The minimum Gasteiger partial charge on any atom is -0.465 e. The maximum atomic E-state index is 14.2. The number of esters is 1. The van der Waals surface area contributed by atoms with Crippen LogP contribution < -0.4 is 0 Å². The van der Waals surface area contributed by atoms with Crippen molar-refractivity contribution in [3.8, 4) is 0 Å². The van der Waals surface area contributed by atoms with Gasteiger partial charge in [0.1, 0.15) is 11.5 Å². The SMILES string of the molecule is CO[C@]1(C)C[C@@H](C)CN(C)CCN(Cc2cccc(Cl)c2)CCCOC(=O)C(C)(C)C(=O)[C@H](C)[C@H]1O[C@@H]1O[C@H](C)C[C@H](N(C)C)[C@H]1O. The molecule has 0 amide bonds. The van der Waals surface area contributed by atoms with Crippen LogP contribution in [0.3, 0.4) is 0 Å². The molecule has 1 aromatic carbocycles. The van der Waals surface area contributed by atoms with E-state index in [1.165, 1.54) is 0 Å². The van der Waals surface area contributed by atoms with Crippen molar-refractivity contribution in [1.29, 1.82) is 0 Å². The summed E-state index contributed by atoms with van der Waals surface area (Å²) in [5.41, 5.74) is -1.25. The van der Waals surface area contributed by atoms with Crippen molar-refractivity contribution in [1.82, 2.24) is 14.7 Å². The summed E-state index contributed by atoms with van der Waals surface area (Å²) in [6.07, 6.45) is -1.06. The Balaban J connectivity index is 1.92. The number of hydrogen-bond acceptors (Lipinski definition) is 10. The molecule has 10 nitrogen and oxygen atoms in total. The van der Waals surface area contributed by atoms with Gasteiger partial charge in [-0.15, -0.1) is 0 Å². The van der Waals surface area contributed by atoms with E-state index in [-0.39, 0.29) is 30.5 Å². The minimum absolute atomic E-state index is 0.164. The zero-order valence-electron chi connectivity index (χ0n) is 30.3. The van der Waals surface area contributed by atoms with Gasteiger partial charge in [0.15, 0.2) is 12.1 Å². The van der Waals surface area contributed by atoms with Gasteiger partial charge >= 0.3 is 5.97 Å². The number of hydrogen-bond donors (Lipinski definition) is 1. The smallest absolute Gasteiger partial charge is 0.319 e. The second-order valence-electron chi connectivity index (χ2n) is 14.9. The van der Waals surface area contributed by atoms with E-state index in [9.17, 15) is 14.7 Å². The number of rotatable bonds is 6. The van der Waals surface area contributed by atoms with Gasteiger partial charge in [-0.1, -0.05) is 37.6 Å². The molecule has 1 aromatic rings. The van der Waals surface area contributed by atoms with Crippen molar-refractivity contribution in [2.75, 3.05) is 61.0 Å². The van der Waals surface area contributed by atoms with Gasteiger partial charge in [-0.2, -0.15) is 0 Å². The van der Waals surface area contributed by atoms with Crippen molar-refractivity contribution in [3.05, 3.63) is 34.9 Å². The molecule has 2 aliphatic rings. The van der Waals surface area contributed by atoms with E-state index in [0.29, 0.717) is 24.3 Å². The third-order valence-electron chi connectivity index (χ3n) is 9.94. The second kappa shape index (κ2) is 17.3. The quantitative estimate of drug-likeness (QED) is 0.341. The summed E-state index contributed by atoms with van der Waals surface area (Å²) < 4.78 is 24.8. The van der Waals surface area contributed by atoms with Crippen molar-refractivity contribution >= 4 is 23.4 Å². The van der Waals surface area contributed by atoms with Crippen molar-refractivity contribution in [2.45, 2.75) is 104 Å². The molecule has 0 spiro atoms. The summed E-state index contributed by atoms with van der Waals surface area (Å²) in [6.45, 7) is 15.2. The van der Waals surface area contributed by atoms with Crippen LogP contribution in [-0.4, -0.2) is 129 Å². The van der Waals surface area contributed by atoms with Crippen LogP contribution in [0.5, 0.6) is 0 Å². The average molecular weight is 682 g/mol. The van der Waals surface area contributed by atoms with E-state index in [1.807, 2.05) is 51.0 Å². The Bertz CT molecular complexity index is 1170. The van der Waals surface area contributed by atoms with Crippen LogP contribution in [0.1, 0.15) is 66.4 Å².